The molecule has 22 heavy (non-hydrogen) atoms. The summed E-state index contributed by atoms with van der Waals surface area (Å²) in [5.74, 6) is 0.679. The summed E-state index contributed by atoms with van der Waals surface area (Å²) in [5, 5.41) is 3.65. The van der Waals surface area contributed by atoms with Crippen LogP contribution in [0.3, 0.4) is 0 Å². The van der Waals surface area contributed by atoms with Gasteiger partial charge >= 0.3 is 0 Å². The molecule has 0 saturated heterocycles. The molecule has 0 heterocycles. The van der Waals surface area contributed by atoms with Crippen molar-refractivity contribution in [2.45, 2.75) is 38.1 Å². The minimum Gasteiger partial charge on any atom is -0.369 e. The number of rotatable bonds is 4. The van der Waals surface area contributed by atoms with Gasteiger partial charge in [0.2, 0.25) is 0 Å². The van der Waals surface area contributed by atoms with Gasteiger partial charge < -0.3 is 5.32 Å². The minimum absolute atomic E-state index is 0.328. The minimum atomic E-state index is 0.328. The molecule has 1 saturated carbocycles. The van der Waals surface area contributed by atoms with E-state index in [4.69, 9.17) is 12.2 Å². The summed E-state index contributed by atoms with van der Waals surface area (Å²) in [6.45, 7) is 0. The summed E-state index contributed by atoms with van der Waals surface area (Å²) in [6, 6.07) is 21.4. The Hall–Kier alpha value is -1.67. The predicted octanol–water partition coefficient (Wildman–Crippen LogP) is 5.27. The molecule has 1 nitrogen and oxygen atoms in total. The van der Waals surface area contributed by atoms with Gasteiger partial charge in [-0.3, -0.25) is 0 Å². The molecule has 1 atom stereocenters. The SMILES string of the molecule is S=C(NC(c1ccccc1)C1CCCCC1)c1ccccc1. The zero-order chi connectivity index (χ0) is 15.2. The third-order valence-corrected chi connectivity index (χ3v) is 4.96. The highest BCUT2D eigenvalue weighted by Gasteiger charge is 2.25. The first-order valence-electron chi connectivity index (χ1n) is 8.25. The van der Waals surface area contributed by atoms with Gasteiger partial charge in [0.15, 0.2) is 0 Å². The van der Waals surface area contributed by atoms with E-state index in [2.05, 4.69) is 47.8 Å². The van der Waals surface area contributed by atoms with Crippen molar-refractivity contribution in [3.8, 4) is 0 Å². The van der Waals surface area contributed by atoms with Crippen molar-refractivity contribution >= 4 is 17.2 Å². The summed E-state index contributed by atoms with van der Waals surface area (Å²) >= 11 is 5.65. The van der Waals surface area contributed by atoms with Gasteiger partial charge in [0, 0.05) is 5.56 Å². The highest BCUT2D eigenvalue weighted by atomic mass is 32.1. The number of hydrogen-bond acceptors (Lipinski definition) is 1. The Morgan fingerprint density at radius 1 is 0.864 bits per heavy atom. The van der Waals surface area contributed by atoms with Gasteiger partial charge in [0.1, 0.15) is 4.99 Å². The molecule has 0 aromatic heterocycles. The van der Waals surface area contributed by atoms with E-state index >= 15 is 0 Å². The molecule has 0 spiro atoms. The monoisotopic (exact) mass is 309 g/mol. The van der Waals surface area contributed by atoms with Crippen molar-refractivity contribution in [2.24, 2.45) is 5.92 Å². The normalized spacial score (nSPS) is 16.9. The zero-order valence-corrected chi connectivity index (χ0v) is 13.7. The third-order valence-electron chi connectivity index (χ3n) is 4.60. The Kier molecular flexibility index (Phi) is 5.23. The van der Waals surface area contributed by atoms with E-state index in [0.717, 1.165) is 10.6 Å². The van der Waals surface area contributed by atoms with Crippen molar-refractivity contribution in [3.05, 3.63) is 71.8 Å². The molecule has 0 bridgehead atoms. The molecule has 1 unspecified atom stereocenters. The Labute approximate surface area is 138 Å². The van der Waals surface area contributed by atoms with Crippen LogP contribution < -0.4 is 5.32 Å². The van der Waals surface area contributed by atoms with Crippen molar-refractivity contribution in [2.75, 3.05) is 0 Å². The summed E-state index contributed by atoms with van der Waals surface area (Å²) in [4.78, 5) is 0.861. The summed E-state index contributed by atoms with van der Waals surface area (Å²) in [5.41, 5.74) is 2.46. The molecule has 3 rings (SSSR count). The van der Waals surface area contributed by atoms with E-state index in [9.17, 15) is 0 Å². The first kappa shape index (κ1) is 15.2. The van der Waals surface area contributed by atoms with Crippen LogP contribution in [0.1, 0.15) is 49.3 Å². The van der Waals surface area contributed by atoms with Gasteiger partial charge in [-0.1, -0.05) is 92.1 Å². The molecule has 0 radical (unpaired) electrons. The van der Waals surface area contributed by atoms with E-state index in [1.807, 2.05) is 18.2 Å². The zero-order valence-electron chi connectivity index (χ0n) is 12.9. The molecule has 1 N–H and O–H groups in total. The van der Waals surface area contributed by atoms with Crippen LogP contribution in [0.15, 0.2) is 60.7 Å². The molecule has 2 heteroatoms. The van der Waals surface area contributed by atoms with Crippen LogP contribution in [0.5, 0.6) is 0 Å². The van der Waals surface area contributed by atoms with Crippen LogP contribution in [0.4, 0.5) is 0 Å². The molecule has 0 amide bonds. The molecule has 0 aliphatic heterocycles. The lowest BCUT2D eigenvalue weighted by Gasteiger charge is -2.32. The van der Waals surface area contributed by atoms with Gasteiger partial charge in [0.25, 0.3) is 0 Å². The van der Waals surface area contributed by atoms with Gasteiger partial charge in [-0.2, -0.15) is 0 Å². The van der Waals surface area contributed by atoms with Crippen LogP contribution in [-0.2, 0) is 0 Å². The van der Waals surface area contributed by atoms with Crippen molar-refractivity contribution in [3.63, 3.8) is 0 Å². The second kappa shape index (κ2) is 7.55. The molecule has 2 aromatic rings. The Morgan fingerprint density at radius 3 is 2.09 bits per heavy atom. The van der Waals surface area contributed by atoms with E-state index in [1.54, 1.807) is 0 Å². The first-order valence-corrected chi connectivity index (χ1v) is 8.66. The lowest BCUT2D eigenvalue weighted by Crippen LogP contribution is -2.33. The molecule has 2 aromatic carbocycles. The van der Waals surface area contributed by atoms with E-state index in [0.29, 0.717) is 12.0 Å². The number of benzene rings is 2. The van der Waals surface area contributed by atoms with Gasteiger partial charge in [0.05, 0.1) is 6.04 Å². The lowest BCUT2D eigenvalue weighted by molar-refractivity contribution is 0.293. The van der Waals surface area contributed by atoms with Gasteiger partial charge in [-0.25, -0.2) is 0 Å². The summed E-state index contributed by atoms with van der Waals surface area (Å²) < 4.78 is 0. The fraction of sp³-hybridized carbons (Fsp3) is 0.350. The topological polar surface area (TPSA) is 12.0 Å². The summed E-state index contributed by atoms with van der Waals surface area (Å²) in [7, 11) is 0. The maximum Gasteiger partial charge on any atom is 0.107 e. The van der Waals surface area contributed by atoms with Crippen LogP contribution in [0.2, 0.25) is 0 Å². The number of thiocarbonyl (C=S) groups is 1. The van der Waals surface area contributed by atoms with Gasteiger partial charge in [-0.05, 0) is 24.3 Å². The van der Waals surface area contributed by atoms with Crippen molar-refractivity contribution < 1.29 is 0 Å². The highest BCUT2D eigenvalue weighted by Crippen LogP contribution is 2.34. The van der Waals surface area contributed by atoms with Crippen molar-refractivity contribution in [1.29, 1.82) is 0 Å². The molecule has 1 aliphatic carbocycles. The summed E-state index contributed by atoms with van der Waals surface area (Å²) in [6.07, 6.45) is 6.65. The third kappa shape index (κ3) is 3.75. The van der Waals surface area contributed by atoms with Crippen LogP contribution >= 0.6 is 12.2 Å². The predicted molar refractivity (Wildman–Crippen MR) is 97.0 cm³/mol. The highest BCUT2D eigenvalue weighted by molar-refractivity contribution is 7.80. The molecule has 1 aliphatic rings. The van der Waals surface area contributed by atoms with Gasteiger partial charge in [-0.15, -0.1) is 0 Å². The fourth-order valence-corrected chi connectivity index (χ4v) is 3.68. The molecule has 114 valence electrons. The van der Waals surface area contributed by atoms with E-state index in [-0.39, 0.29) is 0 Å². The Bertz CT molecular complexity index is 588. The second-order valence-electron chi connectivity index (χ2n) is 6.13. The van der Waals surface area contributed by atoms with E-state index < -0.39 is 0 Å². The maximum absolute atomic E-state index is 5.65. The standard InChI is InChI=1S/C20H23NS/c22-20(18-14-8-3-9-15-18)21-19(16-10-4-1-5-11-16)17-12-6-2-7-13-17/h1,3-5,8-11,14-15,17,19H,2,6-7,12-13H2,(H,21,22). The second-order valence-corrected chi connectivity index (χ2v) is 6.53. The average molecular weight is 309 g/mol. The van der Waals surface area contributed by atoms with Crippen LogP contribution in [-0.4, -0.2) is 4.99 Å². The average Bonchev–Trinajstić information content (AvgIpc) is 2.62. The Balaban J connectivity index is 1.81. The molecule has 1 fully saturated rings. The first-order chi connectivity index (χ1) is 10.8. The lowest BCUT2D eigenvalue weighted by atomic mass is 9.81. The maximum atomic E-state index is 5.65. The fourth-order valence-electron chi connectivity index (χ4n) is 3.42. The molecular weight excluding hydrogens is 286 g/mol. The smallest absolute Gasteiger partial charge is 0.107 e. The number of nitrogens with one attached hydrogen (secondary N) is 1. The van der Waals surface area contributed by atoms with Crippen LogP contribution in [0.25, 0.3) is 0 Å². The molecular formula is C20H23NS. The largest absolute Gasteiger partial charge is 0.369 e. The van der Waals surface area contributed by atoms with Crippen LogP contribution in [0, 0.1) is 5.92 Å². The Morgan fingerprint density at radius 2 is 1.45 bits per heavy atom. The number of hydrogen-bond donors (Lipinski definition) is 1. The quantitative estimate of drug-likeness (QED) is 0.772. The van der Waals surface area contributed by atoms with Crippen molar-refractivity contribution in [1.82, 2.24) is 5.32 Å². The van der Waals surface area contributed by atoms with E-state index in [1.165, 1.54) is 37.7 Å².